The summed E-state index contributed by atoms with van der Waals surface area (Å²) < 4.78 is 5.69. The lowest BCUT2D eigenvalue weighted by Crippen LogP contribution is -2.12. The number of ether oxygens (including phenoxy) is 1. The second-order valence-corrected chi connectivity index (χ2v) is 5.48. The average molecular weight is 340 g/mol. The van der Waals surface area contributed by atoms with Crippen LogP contribution in [-0.2, 0) is 0 Å². The number of nitrogen functional groups attached to an aromatic ring is 1. The molecule has 5 nitrogen and oxygen atoms in total. The first-order valence-corrected chi connectivity index (χ1v) is 7.53. The number of nitrogens with two attached hydrogens (primary N) is 1. The Morgan fingerprint density at radius 1 is 1.04 bits per heavy atom. The van der Waals surface area contributed by atoms with Gasteiger partial charge in [-0.15, -0.1) is 0 Å². The topological polar surface area (TPSA) is 77.2 Å². The van der Waals surface area contributed by atoms with Crippen molar-refractivity contribution in [1.29, 1.82) is 0 Å². The molecule has 0 aliphatic carbocycles. The summed E-state index contributed by atoms with van der Waals surface area (Å²) in [5.41, 5.74) is 7.32. The Morgan fingerprint density at radius 2 is 1.88 bits per heavy atom. The minimum atomic E-state index is -0.246. The predicted octanol–water partition coefficient (Wildman–Crippen LogP) is 4.36. The highest BCUT2D eigenvalue weighted by Gasteiger charge is 2.07. The Kier molecular flexibility index (Phi) is 4.63. The summed E-state index contributed by atoms with van der Waals surface area (Å²) in [6.07, 6.45) is 3.08. The minimum absolute atomic E-state index is 0.246. The van der Waals surface area contributed by atoms with Crippen LogP contribution in [0.3, 0.4) is 0 Å². The fourth-order valence-electron chi connectivity index (χ4n) is 2.10. The van der Waals surface area contributed by atoms with Crippen molar-refractivity contribution < 1.29 is 9.53 Å². The molecule has 0 bridgehead atoms. The van der Waals surface area contributed by atoms with Crippen molar-refractivity contribution in [2.75, 3.05) is 11.1 Å². The highest BCUT2D eigenvalue weighted by Crippen LogP contribution is 2.25. The van der Waals surface area contributed by atoms with E-state index < -0.39 is 0 Å². The molecule has 0 saturated heterocycles. The van der Waals surface area contributed by atoms with Gasteiger partial charge in [-0.25, -0.2) is 0 Å². The predicted molar refractivity (Wildman–Crippen MR) is 94.6 cm³/mol. The number of aromatic nitrogens is 1. The molecule has 0 spiro atoms. The smallest absolute Gasteiger partial charge is 0.255 e. The van der Waals surface area contributed by atoms with Crippen LogP contribution < -0.4 is 15.8 Å². The van der Waals surface area contributed by atoms with Gasteiger partial charge < -0.3 is 15.8 Å². The van der Waals surface area contributed by atoms with Gasteiger partial charge in [-0.05, 0) is 30.3 Å². The van der Waals surface area contributed by atoms with Crippen LogP contribution in [-0.4, -0.2) is 10.9 Å². The highest BCUT2D eigenvalue weighted by atomic mass is 35.5. The first kappa shape index (κ1) is 15.8. The van der Waals surface area contributed by atoms with E-state index in [0.717, 1.165) is 0 Å². The van der Waals surface area contributed by atoms with E-state index >= 15 is 0 Å². The molecule has 3 rings (SSSR count). The van der Waals surface area contributed by atoms with E-state index in [-0.39, 0.29) is 5.91 Å². The number of nitrogens with zero attached hydrogens (tertiary/aromatic N) is 1. The van der Waals surface area contributed by atoms with Gasteiger partial charge in [-0.2, -0.15) is 0 Å². The quantitative estimate of drug-likeness (QED) is 0.692. The van der Waals surface area contributed by atoms with Gasteiger partial charge in [0, 0.05) is 35.3 Å². The zero-order valence-electron chi connectivity index (χ0n) is 12.6. The van der Waals surface area contributed by atoms with Crippen molar-refractivity contribution in [2.45, 2.75) is 0 Å². The molecule has 0 aliphatic heterocycles. The van der Waals surface area contributed by atoms with E-state index in [4.69, 9.17) is 22.1 Å². The number of hydrogen-bond donors (Lipinski definition) is 2. The number of carbonyl (C=O) groups excluding carboxylic acids is 1. The highest BCUT2D eigenvalue weighted by molar-refractivity contribution is 6.30. The van der Waals surface area contributed by atoms with Crippen LogP contribution in [0.15, 0.2) is 67.0 Å². The van der Waals surface area contributed by atoms with Gasteiger partial charge in [0.2, 0.25) is 0 Å². The normalized spacial score (nSPS) is 10.2. The Balaban J connectivity index is 1.74. The largest absolute Gasteiger partial charge is 0.456 e. The third-order valence-electron chi connectivity index (χ3n) is 3.16. The van der Waals surface area contributed by atoms with Crippen molar-refractivity contribution in [1.82, 2.24) is 4.98 Å². The van der Waals surface area contributed by atoms with Crippen molar-refractivity contribution >= 4 is 28.9 Å². The molecule has 3 N–H and O–H groups in total. The second kappa shape index (κ2) is 7.02. The van der Waals surface area contributed by atoms with E-state index in [0.29, 0.717) is 33.5 Å². The zero-order chi connectivity index (χ0) is 16.9. The molecule has 6 heteroatoms. The minimum Gasteiger partial charge on any atom is -0.456 e. The maximum absolute atomic E-state index is 12.2. The average Bonchev–Trinajstić information content (AvgIpc) is 2.55. The van der Waals surface area contributed by atoms with Crippen LogP contribution in [0.2, 0.25) is 5.02 Å². The number of amides is 1. The number of rotatable bonds is 4. The third-order valence-corrected chi connectivity index (χ3v) is 3.36. The van der Waals surface area contributed by atoms with Crippen LogP contribution >= 0.6 is 11.6 Å². The second-order valence-electron chi connectivity index (χ2n) is 5.05. The van der Waals surface area contributed by atoms with Crippen molar-refractivity contribution in [2.24, 2.45) is 0 Å². The number of halogens is 1. The summed E-state index contributed by atoms with van der Waals surface area (Å²) in [5, 5.41) is 3.29. The van der Waals surface area contributed by atoms with Gasteiger partial charge in [-0.1, -0.05) is 23.7 Å². The first-order chi connectivity index (χ1) is 11.6. The van der Waals surface area contributed by atoms with E-state index in [1.54, 1.807) is 60.8 Å². The Labute approximate surface area is 144 Å². The molecule has 0 radical (unpaired) electrons. The van der Waals surface area contributed by atoms with Crippen LogP contribution in [0, 0.1) is 0 Å². The fourth-order valence-corrected chi connectivity index (χ4v) is 2.27. The van der Waals surface area contributed by atoms with Crippen molar-refractivity contribution in [3.05, 3.63) is 77.6 Å². The molecular weight excluding hydrogens is 326 g/mol. The van der Waals surface area contributed by atoms with E-state index in [2.05, 4.69) is 10.3 Å². The first-order valence-electron chi connectivity index (χ1n) is 7.15. The molecule has 1 amide bonds. The molecule has 2 aromatic carbocycles. The molecule has 3 aromatic rings. The summed E-state index contributed by atoms with van der Waals surface area (Å²) >= 11 is 5.88. The molecule has 0 fully saturated rings. The lowest BCUT2D eigenvalue weighted by Gasteiger charge is -2.09. The van der Waals surface area contributed by atoms with Crippen LogP contribution in [0.4, 0.5) is 11.4 Å². The van der Waals surface area contributed by atoms with Gasteiger partial charge in [0.15, 0.2) is 0 Å². The van der Waals surface area contributed by atoms with Crippen LogP contribution in [0.25, 0.3) is 0 Å². The SMILES string of the molecule is Nc1cccc(C(=O)Nc2cccc(Oc3cncc(Cl)c3)c2)c1. The van der Waals surface area contributed by atoms with Gasteiger partial charge in [0.05, 0.1) is 11.2 Å². The van der Waals surface area contributed by atoms with Crippen molar-refractivity contribution in [3.63, 3.8) is 0 Å². The molecular formula is C18H14ClN3O2. The Bertz CT molecular complexity index is 883. The van der Waals surface area contributed by atoms with Gasteiger partial charge in [0.25, 0.3) is 5.91 Å². The summed E-state index contributed by atoms with van der Waals surface area (Å²) in [7, 11) is 0. The molecule has 0 unspecified atom stereocenters. The molecule has 0 saturated carbocycles. The van der Waals surface area contributed by atoms with Crippen LogP contribution in [0.1, 0.15) is 10.4 Å². The molecule has 0 atom stereocenters. The van der Waals surface area contributed by atoms with Gasteiger partial charge in [0.1, 0.15) is 11.5 Å². The molecule has 120 valence electrons. The maximum atomic E-state index is 12.2. The molecule has 1 aromatic heterocycles. The van der Waals surface area contributed by atoms with Crippen molar-refractivity contribution in [3.8, 4) is 11.5 Å². The number of carbonyl (C=O) groups is 1. The zero-order valence-corrected chi connectivity index (χ0v) is 13.3. The standard InChI is InChI=1S/C18H14ClN3O2/c19-13-8-17(11-21-10-13)24-16-6-2-5-15(9-16)22-18(23)12-3-1-4-14(20)7-12/h1-11H,20H2,(H,22,23). The number of benzene rings is 2. The lowest BCUT2D eigenvalue weighted by atomic mass is 10.2. The monoisotopic (exact) mass is 339 g/mol. The number of nitrogens with one attached hydrogen (secondary N) is 1. The Hall–Kier alpha value is -3.05. The third kappa shape index (κ3) is 4.02. The van der Waals surface area contributed by atoms with E-state index in [9.17, 15) is 4.79 Å². The summed E-state index contributed by atoms with van der Waals surface area (Å²) in [4.78, 5) is 16.2. The summed E-state index contributed by atoms with van der Waals surface area (Å²) in [6.45, 7) is 0. The van der Waals surface area contributed by atoms with Gasteiger partial charge >= 0.3 is 0 Å². The van der Waals surface area contributed by atoms with Crippen LogP contribution in [0.5, 0.6) is 11.5 Å². The number of anilines is 2. The summed E-state index contributed by atoms with van der Waals surface area (Å²) in [6, 6.07) is 15.5. The lowest BCUT2D eigenvalue weighted by molar-refractivity contribution is 0.102. The summed E-state index contributed by atoms with van der Waals surface area (Å²) in [5.74, 6) is 0.829. The number of pyridine rings is 1. The molecule has 24 heavy (non-hydrogen) atoms. The van der Waals surface area contributed by atoms with E-state index in [1.165, 1.54) is 6.20 Å². The van der Waals surface area contributed by atoms with E-state index in [1.807, 2.05) is 0 Å². The molecule has 1 heterocycles. The maximum Gasteiger partial charge on any atom is 0.255 e. The van der Waals surface area contributed by atoms with Gasteiger partial charge in [-0.3, -0.25) is 9.78 Å². The number of hydrogen-bond acceptors (Lipinski definition) is 4. The Morgan fingerprint density at radius 3 is 2.67 bits per heavy atom. The molecule has 0 aliphatic rings. The fraction of sp³-hybridized carbons (Fsp3) is 0.